The molecule has 0 saturated carbocycles. The van der Waals surface area contributed by atoms with Gasteiger partial charge in [-0.25, -0.2) is 18.4 Å². The van der Waals surface area contributed by atoms with Crippen molar-refractivity contribution < 1.29 is 17.9 Å². The topological polar surface area (TPSA) is 103 Å². The first kappa shape index (κ1) is 25.1. The van der Waals surface area contributed by atoms with E-state index in [4.69, 9.17) is 9.47 Å². The maximum absolute atomic E-state index is 13.0. The Morgan fingerprint density at radius 1 is 1.03 bits per heavy atom. The SMILES string of the molecule is COc1ccc(C(C)C)cc1-c1cnc(NS(=O)(=O)c2ccc(C)cc2)c(OCc2cccnc2)n1. The smallest absolute Gasteiger partial charge is 0.263 e. The fourth-order valence-electron chi connectivity index (χ4n) is 3.50. The van der Waals surface area contributed by atoms with Crippen LogP contribution in [0.4, 0.5) is 5.82 Å². The van der Waals surface area contributed by atoms with E-state index in [1.807, 2.05) is 31.2 Å². The van der Waals surface area contributed by atoms with E-state index in [0.29, 0.717) is 17.4 Å². The summed E-state index contributed by atoms with van der Waals surface area (Å²) in [5.74, 6) is 0.954. The lowest BCUT2D eigenvalue weighted by Crippen LogP contribution is -2.16. The number of aromatic nitrogens is 3. The van der Waals surface area contributed by atoms with Crippen molar-refractivity contribution in [3.63, 3.8) is 0 Å². The first-order valence-corrected chi connectivity index (χ1v) is 12.9. The quantitative estimate of drug-likeness (QED) is 0.327. The molecule has 0 unspecified atom stereocenters. The second-order valence-electron chi connectivity index (χ2n) is 8.59. The Labute approximate surface area is 211 Å². The summed E-state index contributed by atoms with van der Waals surface area (Å²) in [6, 6.07) is 16.1. The molecule has 186 valence electrons. The van der Waals surface area contributed by atoms with E-state index in [0.717, 1.165) is 22.3 Å². The zero-order valence-electron chi connectivity index (χ0n) is 20.6. The van der Waals surface area contributed by atoms with Crippen LogP contribution in [0.25, 0.3) is 11.3 Å². The number of sulfonamides is 1. The summed E-state index contributed by atoms with van der Waals surface area (Å²) in [5, 5.41) is 0. The monoisotopic (exact) mass is 504 g/mol. The summed E-state index contributed by atoms with van der Waals surface area (Å²) in [4.78, 5) is 13.3. The molecule has 4 aromatic rings. The lowest BCUT2D eigenvalue weighted by Gasteiger charge is -2.15. The number of rotatable bonds is 9. The molecule has 0 radical (unpaired) electrons. The highest BCUT2D eigenvalue weighted by Gasteiger charge is 2.21. The molecule has 0 bridgehead atoms. The molecule has 2 aromatic heterocycles. The van der Waals surface area contributed by atoms with Crippen molar-refractivity contribution in [2.45, 2.75) is 38.2 Å². The molecular formula is C27H28N4O4S. The third-order valence-electron chi connectivity index (χ3n) is 5.57. The van der Waals surface area contributed by atoms with Gasteiger partial charge in [0.2, 0.25) is 5.82 Å². The molecule has 2 heterocycles. The van der Waals surface area contributed by atoms with Gasteiger partial charge in [-0.3, -0.25) is 9.71 Å². The molecular weight excluding hydrogens is 476 g/mol. The fraction of sp³-hybridized carbons (Fsp3) is 0.222. The van der Waals surface area contributed by atoms with Gasteiger partial charge in [-0.05, 0) is 48.7 Å². The Morgan fingerprint density at radius 3 is 2.47 bits per heavy atom. The van der Waals surface area contributed by atoms with Gasteiger partial charge in [0.15, 0.2) is 0 Å². The highest BCUT2D eigenvalue weighted by Crippen LogP contribution is 2.34. The number of nitrogens with zero attached hydrogens (tertiary/aromatic N) is 3. The molecule has 4 rings (SSSR count). The van der Waals surface area contributed by atoms with Crippen LogP contribution in [0, 0.1) is 6.92 Å². The van der Waals surface area contributed by atoms with Crippen LogP contribution in [0.1, 0.15) is 36.5 Å². The maximum Gasteiger partial charge on any atom is 0.263 e. The summed E-state index contributed by atoms with van der Waals surface area (Å²) >= 11 is 0. The van der Waals surface area contributed by atoms with Crippen LogP contribution in [-0.4, -0.2) is 30.5 Å². The number of hydrogen-bond acceptors (Lipinski definition) is 7. The average Bonchev–Trinajstić information content (AvgIpc) is 2.88. The lowest BCUT2D eigenvalue weighted by atomic mass is 9.99. The normalized spacial score (nSPS) is 11.4. The Balaban J connectivity index is 1.75. The molecule has 0 spiro atoms. The first-order chi connectivity index (χ1) is 17.3. The number of ether oxygens (including phenoxy) is 2. The van der Waals surface area contributed by atoms with Gasteiger partial charge in [0.05, 0.1) is 23.9 Å². The molecule has 0 aliphatic carbocycles. The van der Waals surface area contributed by atoms with Crippen LogP contribution >= 0.6 is 0 Å². The van der Waals surface area contributed by atoms with Gasteiger partial charge in [0.25, 0.3) is 15.9 Å². The van der Waals surface area contributed by atoms with Gasteiger partial charge >= 0.3 is 0 Å². The van der Waals surface area contributed by atoms with Crippen molar-refractivity contribution >= 4 is 15.8 Å². The molecule has 8 nitrogen and oxygen atoms in total. The Hall–Kier alpha value is -3.98. The van der Waals surface area contributed by atoms with E-state index in [-0.39, 0.29) is 23.2 Å². The van der Waals surface area contributed by atoms with E-state index in [1.165, 1.54) is 18.3 Å². The largest absolute Gasteiger partial charge is 0.496 e. The average molecular weight is 505 g/mol. The van der Waals surface area contributed by atoms with Crippen molar-refractivity contribution in [1.29, 1.82) is 0 Å². The number of hydrogen-bond donors (Lipinski definition) is 1. The van der Waals surface area contributed by atoms with Gasteiger partial charge in [-0.15, -0.1) is 0 Å². The van der Waals surface area contributed by atoms with Crippen molar-refractivity contribution in [1.82, 2.24) is 15.0 Å². The van der Waals surface area contributed by atoms with Crippen LogP contribution in [-0.2, 0) is 16.6 Å². The highest BCUT2D eigenvalue weighted by atomic mass is 32.2. The standard InChI is InChI=1S/C27H28N4O4S/c1-18(2)21-9-12-25(34-4)23(14-21)24-16-29-26(27(30-24)35-17-20-6-5-13-28-15-20)31-36(32,33)22-10-7-19(3)8-11-22/h5-16,18H,17H2,1-4H3,(H,29,31). The summed E-state index contributed by atoms with van der Waals surface area (Å²) in [5.41, 5.74) is 4.09. The summed E-state index contributed by atoms with van der Waals surface area (Å²) in [6.07, 6.45) is 4.84. The van der Waals surface area contributed by atoms with Gasteiger partial charge < -0.3 is 9.47 Å². The van der Waals surface area contributed by atoms with E-state index in [2.05, 4.69) is 33.5 Å². The zero-order chi connectivity index (χ0) is 25.7. The van der Waals surface area contributed by atoms with Gasteiger partial charge in [0, 0.05) is 23.5 Å². The van der Waals surface area contributed by atoms with Gasteiger partial charge in [0.1, 0.15) is 12.4 Å². The molecule has 0 fully saturated rings. The van der Waals surface area contributed by atoms with Crippen molar-refractivity contribution in [3.05, 3.63) is 89.9 Å². The lowest BCUT2D eigenvalue weighted by molar-refractivity contribution is 0.294. The van der Waals surface area contributed by atoms with Crippen LogP contribution < -0.4 is 14.2 Å². The molecule has 36 heavy (non-hydrogen) atoms. The molecule has 0 saturated heterocycles. The minimum atomic E-state index is -3.91. The number of methoxy groups -OCH3 is 1. The molecule has 0 amide bonds. The first-order valence-electron chi connectivity index (χ1n) is 11.4. The second kappa shape index (κ2) is 10.7. The van der Waals surface area contributed by atoms with E-state index in [1.54, 1.807) is 37.7 Å². The molecule has 2 aromatic carbocycles. The van der Waals surface area contributed by atoms with Crippen LogP contribution in [0.3, 0.4) is 0 Å². The fourth-order valence-corrected chi connectivity index (χ4v) is 4.50. The molecule has 0 aliphatic heterocycles. The molecule has 0 aliphatic rings. The van der Waals surface area contributed by atoms with Crippen LogP contribution in [0.15, 0.2) is 78.1 Å². The van der Waals surface area contributed by atoms with E-state index in [9.17, 15) is 8.42 Å². The molecule has 0 atom stereocenters. The number of nitrogens with one attached hydrogen (secondary N) is 1. The zero-order valence-corrected chi connectivity index (χ0v) is 21.4. The predicted octanol–water partition coefficient (Wildman–Crippen LogP) is 5.36. The summed E-state index contributed by atoms with van der Waals surface area (Å²) in [6.45, 7) is 6.22. The second-order valence-corrected chi connectivity index (χ2v) is 10.3. The van der Waals surface area contributed by atoms with Crippen LogP contribution in [0.5, 0.6) is 11.6 Å². The number of pyridine rings is 1. The summed E-state index contributed by atoms with van der Waals surface area (Å²) in [7, 11) is -2.32. The molecule has 1 N–H and O–H groups in total. The highest BCUT2D eigenvalue weighted by molar-refractivity contribution is 7.92. The van der Waals surface area contributed by atoms with Crippen LogP contribution in [0.2, 0.25) is 0 Å². The minimum absolute atomic E-state index is 0.0119. The third kappa shape index (κ3) is 5.80. The Kier molecular flexibility index (Phi) is 7.49. The Bertz CT molecular complexity index is 1440. The van der Waals surface area contributed by atoms with E-state index < -0.39 is 10.0 Å². The van der Waals surface area contributed by atoms with Crippen molar-refractivity contribution in [2.75, 3.05) is 11.8 Å². The van der Waals surface area contributed by atoms with E-state index >= 15 is 0 Å². The van der Waals surface area contributed by atoms with Gasteiger partial charge in [-0.2, -0.15) is 0 Å². The van der Waals surface area contributed by atoms with Crippen molar-refractivity contribution in [2.24, 2.45) is 0 Å². The maximum atomic E-state index is 13.0. The minimum Gasteiger partial charge on any atom is -0.496 e. The predicted molar refractivity (Wildman–Crippen MR) is 139 cm³/mol. The van der Waals surface area contributed by atoms with Crippen molar-refractivity contribution in [3.8, 4) is 22.9 Å². The van der Waals surface area contributed by atoms with Gasteiger partial charge in [-0.1, -0.05) is 43.7 Å². The summed E-state index contributed by atoms with van der Waals surface area (Å²) < 4.78 is 40.1. The third-order valence-corrected chi connectivity index (χ3v) is 6.92. The number of aryl methyl sites for hydroxylation is 1. The number of anilines is 1. The number of benzene rings is 2. The molecule has 9 heteroatoms. The Morgan fingerprint density at radius 2 is 1.81 bits per heavy atom.